The maximum atomic E-state index is 10.9. The molecule has 3 atom stereocenters. The highest BCUT2D eigenvalue weighted by Gasteiger charge is 2.27. The van der Waals surface area contributed by atoms with E-state index in [1.54, 1.807) is 0 Å². The van der Waals surface area contributed by atoms with Gasteiger partial charge in [-0.3, -0.25) is 4.79 Å². The first-order valence-corrected chi connectivity index (χ1v) is 6.03. The molecule has 1 saturated carbocycles. The lowest BCUT2D eigenvalue weighted by Crippen LogP contribution is -2.42. The van der Waals surface area contributed by atoms with Crippen LogP contribution in [0.2, 0.25) is 0 Å². The van der Waals surface area contributed by atoms with Gasteiger partial charge in [0.1, 0.15) is 0 Å². The standard InChI is InChI=1S/C12H20N2O2/c1-2-10(6-7-13)14-11-5-3-4-9(8-11)12(15)16/h9-11,14H,2-6,8H2,1H3,(H,15,16). The molecule has 1 aliphatic rings. The minimum Gasteiger partial charge on any atom is -0.481 e. The molecule has 0 aromatic heterocycles. The van der Waals surface area contributed by atoms with Crippen LogP contribution in [0.1, 0.15) is 45.4 Å². The summed E-state index contributed by atoms with van der Waals surface area (Å²) in [6.07, 6.45) is 4.93. The van der Waals surface area contributed by atoms with Gasteiger partial charge in [0, 0.05) is 12.1 Å². The number of carboxylic acid groups (broad SMARTS) is 1. The highest BCUT2D eigenvalue weighted by molar-refractivity contribution is 5.70. The predicted octanol–water partition coefficient (Wildman–Crippen LogP) is 1.91. The van der Waals surface area contributed by atoms with Crippen molar-refractivity contribution in [2.75, 3.05) is 0 Å². The molecule has 0 aliphatic heterocycles. The van der Waals surface area contributed by atoms with Gasteiger partial charge in [-0.05, 0) is 25.7 Å². The van der Waals surface area contributed by atoms with Gasteiger partial charge >= 0.3 is 5.97 Å². The molecule has 16 heavy (non-hydrogen) atoms. The number of nitrogens with zero attached hydrogens (tertiary/aromatic N) is 1. The van der Waals surface area contributed by atoms with E-state index in [0.717, 1.165) is 25.7 Å². The summed E-state index contributed by atoms with van der Waals surface area (Å²) in [5.41, 5.74) is 0. The molecule has 0 heterocycles. The molecule has 0 bridgehead atoms. The Kier molecular flexibility index (Phi) is 5.27. The Hall–Kier alpha value is -1.08. The van der Waals surface area contributed by atoms with E-state index < -0.39 is 5.97 Å². The monoisotopic (exact) mass is 224 g/mol. The third kappa shape index (κ3) is 3.82. The molecule has 4 nitrogen and oxygen atoms in total. The normalized spacial score (nSPS) is 27.0. The van der Waals surface area contributed by atoms with Crippen molar-refractivity contribution in [2.45, 2.75) is 57.5 Å². The van der Waals surface area contributed by atoms with Crippen LogP contribution in [-0.2, 0) is 4.79 Å². The third-order valence-corrected chi connectivity index (χ3v) is 3.33. The molecule has 90 valence electrons. The molecule has 0 spiro atoms. The van der Waals surface area contributed by atoms with Gasteiger partial charge in [0.2, 0.25) is 0 Å². The molecule has 0 amide bonds. The summed E-state index contributed by atoms with van der Waals surface area (Å²) in [5.74, 6) is -0.884. The molecule has 1 aliphatic carbocycles. The molecular formula is C12H20N2O2. The fourth-order valence-electron chi connectivity index (χ4n) is 2.33. The molecule has 0 radical (unpaired) electrons. The number of nitriles is 1. The van der Waals surface area contributed by atoms with E-state index >= 15 is 0 Å². The van der Waals surface area contributed by atoms with E-state index in [2.05, 4.69) is 11.4 Å². The zero-order chi connectivity index (χ0) is 12.0. The lowest BCUT2D eigenvalue weighted by molar-refractivity contribution is -0.143. The van der Waals surface area contributed by atoms with Gasteiger partial charge in [-0.1, -0.05) is 13.3 Å². The second kappa shape index (κ2) is 6.49. The van der Waals surface area contributed by atoms with E-state index in [1.807, 2.05) is 6.92 Å². The van der Waals surface area contributed by atoms with Crippen molar-refractivity contribution < 1.29 is 9.90 Å². The van der Waals surface area contributed by atoms with Gasteiger partial charge in [-0.15, -0.1) is 0 Å². The van der Waals surface area contributed by atoms with Crippen molar-refractivity contribution in [3.8, 4) is 6.07 Å². The number of rotatable bonds is 5. The van der Waals surface area contributed by atoms with E-state index in [9.17, 15) is 4.79 Å². The largest absolute Gasteiger partial charge is 0.481 e. The van der Waals surface area contributed by atoms with Crippen molar-refractivity contribution in [1.29, 1.82) is 5.26 Å². The van der Waals surface area contributed by atoms with Crippen molar-refractivity contribution in [3.63, 3.8) is 0 Å². The van der Waals surface area contributed by atoms with Gasteiger partial charge in [0.25, 0.3) is 0 Å². The first-order chi connectivity index (χ1) is 7.67. The van der Waals surface area contributed by atoms with E-state index in [-0.39, 0.29) is 18.0 Å². The number of carboxylic acids is 1. The van der Waals surface area contributed by atoms with Gasteiger partial charge < -0.3 is 10.4 Å². The number of hydrogen-bond acceptors (Lipinski definition) is 3. The second-order valence-corrected chi connectivity index (χ2v) is 4.53. The highest BCUT2D eigenvalue weighted by atomic mass is 16.4. The average molecular weight is 224 g/mol. The van der Waals surface area contributed by atoms with E-state index in [0.29, 0.717) is 12.8 Å². The maximum absolute atomic E-state index is 10.9. The SMILES string of the molecule is CCC(CC#N)NC1CCCC(C(=O)O)C1. The molecule has 1 rings (SSSR count). The topological polar surface area (TPSA) is 73.1 Å². The first-order valence-electron chi connectivity index (χ1n) is 6.03. The fraction of sp³-hybridized carbons (Fsp3) is 0.833. The quantitative estimate of drug-likeness (QED) is 0.748. The lowest BCUT2D eigenvalue weighted by atomic mass is 9.85. The Morgan fingerprint density at radius 1 is 1.62 bits per heavy atom. The number of hydrogen-bond donors (Lipinski definition) is 2. The van der Waals surface area contributed by atoms with Gasteiger partial charge in [0.05, 0.1) is 18.4 Å². The Balaban J connectivity index is 2.42. The van der Waals surface area contributed by atoms with Crippen LogP contribution in [0.15, 0.2) is 0 Å². The summed E-state index contributed by atoms with van der Waals surface area (Å²) in [6, 6.07) is 2.65. The number of nitrogens with one attached hydrogen (secondary N) is 1. The van der Waals surface area contributed by atoms with Crippen LogP contribution in [0.3, 0.4) is 0 Å². The maximum Gasteiger partial charge on any atom is 0.306 e. The van der Waals surface area contributed by atoms with Crippen LogP contribution in [0.4, 0.5) is 0 Å². The summed E-state index contributed by atoms with van der Waals surface area (Å²) in [7, 11) is 0. The van der Waals surface area contributed by atoms with E-state index in [4.69, 9.17) is 10.4 Å². The average Bonchev–Trinajstić information content (AvgIpc) is 2.29. The van der Waals surface area contributed by atoms with Crippen molar-refractivity contribution in [3.05, 3.63) is 0 Å². The zero-order valence-corrected chi connectivity index (χ0v) is 9.78. The van der Waals surface area contributed by atoms with Crippen LogP contribution in [0.25, 0.3) is 0 Å². The molecular weight excluding hydrogens is 204 g/mol. The van der Waals surface area contributed by atoms with Crippen LogP contribution in [-0.4, -0.2) is 23.2 Å². The van der Waals surface area contributed by atoms with Crippen molar-refractivity contribution >= 4 is 5.97 Å². The van der Waals surface area contributed by atoms with Gasteiger partial charge in [0.15, 0.2) is 0 Å². The third-order valence-electron chi connectivity index (χ3n) is 3.33. The lowest BCUT2D eigenvalue weighted by Gasteiger charge is -2.30. The predicted molar refractivity (Wildman–Crippen MR) is 60.8 cm³/mol. The van der Waals surface area contributed by atoms with Crippen molar-refractivity contribution in [1.82, 2.24) is 5.32 Å². The smallest absolute Gasteiger partial charge is 0.306 e. The summed E-state index contributed by atoms with van der Waals surface area (Å²) in [6.45, 7) is 2.05. The molecule has 0 aromatic rings. The highest BCUT2D eigenvalue weighted by Crippen LogP contribution is 2.25. The number of carbonyl (C=O) groups is 1. The Labute approximate surface area is 96.6 Å². The number of aliphatic carboxylic acids is 1. The summed E-state index contributed by atoms with van der Waals surface area (Å²) >= 11 is 0. The molecule has 3 unspecified atom stereocenters. The van der Waals surface area contributed by atoms with Crippen LogP contribution >= 0.6 is 0 Å². The first kappa shape index (κ1) is 13.0. The molecule has 4 heteroatoms. The molecule has 2 N–H and O–H groups in total. The van der Waals surface area contributed by atoms with Gasteiger partial charge in [-0.25, -0.2) is 0 Å². The summed E-state index contributed by atoms with van der Waals surface area (Å²) in [4.78, 5) is 10.9. The molecule has 1 fully saturated rings. The minimum absolute atomic E-state index is 0.203. The van der Waals surface area contributed by atoms with Gasteiger partial charge in [-0.2, -0.15) is 5.26 Å². The van der Waals surface area contributed by atoms with Crippen LogP contribution < -0.4 is 5.32 Å². The van der Waals surface area contributed by atoms with Crippen molar-refractivity contribution in [2.24, 2.45) is 5.92 Å². The Bertz CT molecular complexity index is 273. The molecule has 0 aromatic carbocycles. The summed E-state index contributed by atoms with van der Waals surface area (Å²) < 4.78 is 0. The Morgan fingerprint density at radius 3 is 2.94 bits per heavy atom. The Morgan fingerprint density at radius 2 is 2.38 bits per heavy atom. The van der Waals surface area contributed by atoms with Crippen LogP contribution in [0, 0.1) is 17.2 Å². The minimum atomic E-state index is -0.681. The van der Waals surface area contributed by atoms with Crippen LogP contribution in [0.5, 0.6) is 0 Å². The second-order valence-electron chi connectivity index (χ2n) is 4.53. The summed E-state index contributed by atoms with van der Waals surface area (Å²) in [5, 5.41) is 21.0. The van der Waals surface area contributed by atoms with E-state index in [1.165, 1.54) is 0 Å². The molecule has 0 saturated heterocycles. The zero-order valence-electron chi connectivity index (χ0n) is 9.78. The fourth-order valence-corrected chi connectivity index (χ4v) is 2.33.